The van der Waals surface area contributed by atoms with Crippen LogP contribution >= 0.6 is 0 Å². The maximum Gasteiger partial charge on any atom is 0.264 e. The number of carbonyl (C=O) groups excluding carboxylic acids is 2. The second kappa shape index (κ2) is 12.8. The molecule has 0 saturated carbocycles. The molecule has 0 aliphatic heterocycles. The van der Waals surface area contributed by atoms with Crippen molar-refractivity contribution in [2.45, 2.75) is 52.1 Å². The Morgan fingerprint density at radius 2 is 1.62 bits per heavy atom. The van der Waals surface area contributed by atoms with Crippen LogP contribution in [0.5, 0.6) is 5.75 Å². The Balaban J connectivity index is 2.08. The lowest BCUT2D eigenvalue weighted by atomic mass is 10.1. The van der Waals surface area contributed by atoms with Gasteiger partial charge in [0.05, 0.1) is 17.7 Å². The molecule has 3 aromatic carbocycles. The van der Waals surface area contributed by atoms with E-state index in [2.05, 4.69) is 5.32 Å². The third-order valence-electron chi connectivity index (χ3n) is 6.53. The summed E-state index contributed by atoms with van der Waals surface area (Å²) in [5, 5.41) is 2.76. The van der Waals surface area contributed by atoms with E-state index < -0.39 is 28.5 Å². The van der Waals surface area contributed by atoms with Gasteiger partial charge in [0.25, 0.3) is 10.0 Å². The van der Waals surface area contributed by atoms with E-state index in [1.807, 2.05) is 39.0 Å². The van der Waals surface area contributed by atoms with Gasteiger partial charge in [-0.25, -0.2) is 8.42 Å². The highest BCUT2D eigenvalue weighted by atomic mass is 32.2. The molecule has 8 nitrogen and oxygen atoms in total. The molecule has 0 fully saturated rings. The van der Waals surface area contributed by atoms with Gasteiger partial charge in [0, 0.05) is 13.1 Å². The highest BCUT2D eigenvalue weighted by Gasteiger charge is 2.33. The van der Waals surface area contributed by atoms with Crippen molar-refractivity contribution in [3.8, 4) is 5.75 Å². The second-order valence-electron chi connectivity index (χ2n) is 9.56. The molecule has 0 aliphatic carbocycles. The number of hydrogen-bond acceptors (Lipinski definition) is 5. The molecule has 0 radical (unpaired) electrons. The zero-order valence-electron chi connectivity index (χ0n) is 23.4. The molecule has 2 amide bonds. The van der Waals surface area contributed by atoms with E-state index >= 15 is 0 Å². The average molecular weight is 552 g/mol. The summed E-state index contributed by atoms with van der Waals surface area (Å²) in [4.78, 5) is 28.3. The summed E-state index contributed by atoms with van der Waals surface area (Å²) in [6.45, 7) is 9.01. The fourth-order valence-electron chi connectivity index (χ4n) is 4.21. The van der Waals surface area contributed by atoms with Crippen LogP contribution in [0.3, 0.4) is 0 Å². The van der Waals surface area contributed by atoms with Crippen LogP contribution in [-0.4, -0.2) is 51.4 Å². The number of nitrogens with zero attached hydrogens (tertiary/aromatic N) is 2. The maximum absolute atomic E-state index is 14.0. The summed E-state index contributed by atoms with van der Waals surface area (Å²) >= 11 is 0. The lowest BCUT2D eigenvalue weighted by molar-refractivity contribution is -0.139. The molecular formula is C30H37N3O5S. The van der Waals surface area contributed by atoms with Crippen molar-refractivity contribution >= 4 is 27.5 Å². The minimum atomic E-state index is -4.11. The largest absolute Gasteiger partial charge is 0.497 e. The van der Waals surface area contributed by atoms with Gasteiger partial charge in [-0.3, -0.25) is 13.9 Å². The molecule has 0 spiro atoms. The lowest BCUT2D eigenvalue weighted by Crippen LogP contribution is -2.51. The number of rotatable bonds is 11. The summed E-state index contributed by atoms with van der Waals surface area (Å²) in [6.07, 6.45) is 0. The van der Waals surface area contributed by atoms with Crippen molar-refractivity contribution in [2.75, 3.05) is 24.5 Å². The minimum Gasteiger partial charge on any atom is -0.497 e. The number of methoxy groups -OCH3 is 1. The molecule has 0 aliphatic rings. The Hall–Kier alpha value is -3.85. The third-order valence-corrected chi connectivity index (χ3v) is 8.30. The summed E-state index contributed by atoms with van der Waals surface area (Å²) in [5.41, 5.74) is 3.65. The predicted octanol–water partition coefficient (Wildman–Crippen LogP) is 4.37. The number of anilines is 1. The summed E-state index contributed by atoms with van der Waals surface area (Å²) in [6, 6.07) is 18.4. The summed E-state index contributed by atoms with van der Waals surface area (Å²) in [7, 11) is -2.56. The fraction of sp³-hybridized carbons (Fsp3) is 0.333. The SMILES string of the molecule is CCNC(=O)[C@H](C)N(Cc1cccc(OC)c1)C(=O)CN(c1cc(C)ccc1C)S(=O)(=O)c1ccc(C)cc1. The number of aryl methyl sites for hydroxylation is 3. The monoisotopic (exact) mass is 551 g/mol. The Kier molecular flexibility index (Phi) is 9.75. The van der Waals surface area contributed by atoms with Gasteiger partial charge < -0.3 is 15.0 Å². The highest BCUT2D eigenvalue weighted by molar-refractivity contribution is 7.92. The quantitative estimate of drug-likeness (QED) is 0.382. The molecule has 0 aromatic heterocycles. The Bertz CT molecular complexity index is 1420. The van der Waals surface area contributed by atoms with Crippen LogP contribution in [0.4, 0.5) is 5.69 Å². The standard InChI is InChI=1S/C30H37N3O5S/c1-7-31-30(35)24(5)32(19-25-9-8-10-26(18-25)38-6)29(34)20-33(28-17-22(3)11-14-23(28)4)39(36,37)27-15-12-21(2)13-16-27/h8-18,24H,7,19-20H2,1-6H3,(H,31,35)/t24-/m0/s1. The van der Waals surface area contributed by atoms with Gasteiger partial charge in [-0.05, 0) is 81.6 Å². The first-order chi connectivity index (χ1) is 18.5. The molecule has 0 saturated heterocycles. The zero-order chi connectivity index (χ0) is 28.7. The lowest BCUT2D eigenvalue weighted by Gasteiger charge is -2.32. The zero-order valence-corrected chi connectivity index (χ0v) is 24.2. The fourth-order valence-corrected chi connectivity index (χ4v) is 5.68. The van der Waals surface area contributed by atoms with Gasteiger partial charge in [0.1, 0.15) is 18.3 Å². The average Bonchev–Trinajstić information content (AvgIpc) is 2.91. The molecular weight excluding hydrogens is 514 g/mol. The van der Waals surface area contributed by atoms with Crippen molar-refractivity contribution in [1.29, 1.82) is 0 Å². The molecule has 39 heavy (non-hydrogen) atoms. The molecule has 1 atom stereocenters. The first-order valence-electron chi connectivity index (χ1n) is 12.8. The molecule has 3 aromatic rings. The molecule has 0 bridgehead atoms. The van der Waals surface area contributed by atoms with E-state index in [4.69, 9.17) is 4.74 Å². The van der Waals surface area contributed by atoms with Crippen molar-refractivity contribution in [1.82, 2.24) is 10.2 Å². The van der Waals surface area contributed by atoms with E-state index in [-0.39, 0.29) is 17.3 Å². The van der Waals surface area contributed by atoms with Gasteiger partial charge >= 0.3 is 0 Å². The number of ether oxygens (including phenoxy) is 1. The normalized spacial score (nSPS) is 11.9. The van der Waals surface area contributed by atoms with E-state index in [1.165, 1.54) is 4.90 Å². The van der Waals surface area contributed by atoms with E-state index in [0.717, 1.165) is 21.0 Å². The van der Waals surface area contributed by atoms with Crippen LogP contribution in [0.1, 0.15) is 36.1 Å². The van der Waals surface area contributed by atoms with Gasteiger partial charge in [0.2, 0.25) is 11.8 Å². The van der Waals surface area contributed by atoms with Crippen LogP contribution in [0, 0.1) is 20.8 Å². The van der Waals surface area contributed by atoms with Crippen LogP contribution in [0.15, 0.2) is 71.6 Å². The van der Waals surface area contributed by atoms with Crippen molar-refractivity contribution < 1.29 is 22.7 Å². The van der Waals surface area contributed by atoms with Crippen molar-refractivity contribution in [3.05, 3.63) is 89.0 Å². The van der Waals surface area contributed by atoms with Crippen LogP contribution < -0.4 is 14.4 Å². The Labute approximate surface area is 231 Å². The van der Waals surface area contributed by atoms with Gasteiger partial charge in [-0.15, -0.1) is 0 Å². The van der Waals surface area contributed by atoms with Gasteiger partial charge in [-0.1, -0.05) is 42.0 Å². The number of hydrogen-bond donors (Lipinski definition) is 1. The summed E-state index contributed by atoms with van der Waals surface area (Å²) in [5.74, 6) is -0.217. The number of likely N-dealkylation sites (N-methyl/N-ethyl adjacent to an activating group) is 1. The number of nitrogens with one attached hydrogen (secondary N) is 1. The maximum atomic E-state index is 14.0. The van der Waals surface area contributed by atoms with Crippen LogP contribution in [0.25, 0.3) is 0 Å². The summed E-state index contributed by atoms with van der Waals surface area (Å²) < 4.78 is 34.4. The first kappa shape index (κ1) is 29.7. The molecule has 9 heteroatoms. The number of sulfonamides is 1. The van der Waals surface area contributed by atoms with E-state index in [9.17, 15) is 18.0 Å². The van der Waals surface area contributed by atoms with Crippen molar-refractivity contribution in [3.63, 3.8) is 0 Å². The van der Waals surface area contributed by atoms with Crippen LogP contribution in [0.2, 0.25) is 0 Å². The number of amides is 2. The van der Waals surface area contributed by atoms with E-state index in [1.54, 1.807) is 69.5 Å². The highest BCUT2D eigenvalue weighted by Crippen LogP contribution is 2.29. The van der Waals surface area contributed by atoms with Crippen molar-refractivity contribution in [2.24, 2.45) is 0 Å². The first-order valence-corrected chi connectivity index (χ1v) is 14.3. The second-order valence-corrected chi connectivity index (χ2v) is 11.4. The Morgan fingerprint density at radius 3 is 2.26 bits per heavy atom. The smallest absolute Gasteiger partial charge is 0.264 e. The van der Waals surface area contributed by atoms with E-state index in [0.29, 0.717) is 23.5 Å². The predicted molar refractivity (Wildman–Crippen MR) is 153 cm³/mol. The Morgan fingerprint density at radius 1 is 0.949 bits per heavy atom. The number of carbonyl (C=O) groups is 2. The molecule has 0 heterocycles. The topological polar surface area (TPSA) is 96.0 Å². The van der Waals surface area contributed by atoms with Gasteiger partial charge in [0.15, 0.2) is 0 Å². The molecule has 0 unspecified atom stereocenters. The van der Waals surface area contributed by atoms with Gasteiger partial charge in [-0.2, -0.15) is 0 Å². The minimum absolute atomic E-state index is 0.0814. The molecule has 208 valence electrons. The third kappa shape index (κ3) is 7.17. The number of benzene rings is 3. The molecule has 3 rings (SSSR count). The molecule has 1 N–H and O–H groups in total. The van der Waals surface area contributed by atoms with Crippen LogP contribution in [-0.2, 0) is 26.2 Å².